The number of hydrogen-bond donors (Lipinski definition) is 2. The molecule has 0 atom stereocenters. The molecule has 1 amide bonds. The highest BCUT2D eigenvalue weighted by molar-refractivity contribution is 14.1. The maximum atomic E-state index is 12.1. The highest BCUT2D eigenvalue weighted by Gasteiger charge is 2.19. The second-order valence-electron chi connectivity index (χ2n) is 8.60. The minimum atomic E-state index is -0.513. The number of hydrogen-bond acceptors (Lipinski definition) is 6. The number of aliphatic hydroxyl groups is 1. The van der Waals surface area contributed by atoms with Crippen molar-refractivity contribution < 1.29 is 19.4 Å². The Bertz CT molecular complexity index is 1870. The first kappa shape index (κ1) is 33.7. The van der Waals surface area contributed by atoms with E-state index in [0.717, 1.165) is 47.4 Å². The van der Waals surface area contributed by atoms with Crippen molar-refractivity contribution in [3.8, 4) is 11.4 Å². The standard InChI is InChI=1S/C16H13IN2O2.C14H10IN3O.CH4O.CH4/c1-2-21-16(20)15-13-8-3-4-9-14(13)19(18-15)12-7-5-6-11(17)10-12;15-9-4-3-5-10(8-9)18-12-7-2-1-6-11(12)13(17-18)14(16)19;1-2;/h3-10H,2H2,1H3;1-8H,(H2,16,19);2H,1H3;1H4. The second kappa shape index (κ2) is 15.6. The molecular formula is C32H31I2N5O4. The van der Waals surface area contributed by atoms with Gasteiger partial charge in [0.15, 0.2) is 11.4 Å². The number of halogens is 2. The topological polar surface area (TPSA) is 125 Å². The molecule has 2 heterocycles. The summed E-state index contributed by atoms with van der Waals surface area (Å²) in [6, 6.07) is 31.1. The molecule has 6 aromatic rings. The molecule has 4 aromatic carbocycles. The van der Waals surface area contributed by atoms with E-state index in [9.17, 15) is 9.59 Å². The van der Waals surface area contributed by atoms with Crippen molar-refractivity contribution in [2.24, 2.45) is 5.73 Å². The van der Waals surface area contributed by atoms with Gasteiger partial charge in [0.2, 0.25) is 0 Å². The Morgan fingerprint density at radius 3 is 1.63 bits per heavy atom. The third-order valence-corrected chi connectivity index (χ3v) is 7.32. The van der Waals surface area contributed by atoms with E-state index in [0.29, 0.717) is 18.0 Å². The van der Waals surface area contributed by atoms with E-state index in [4.69, 9.17) is 15.6 Å². The zero-order valence-electron chi connectivity index (χ0n) is 22.7. The number of nitrogens with zero attached hydrogens (tertiary/aromatic N) is 4. The summed E-state index contributed by atoms with van der Waals surface area (Å²) < 4.78 is 10.8. The van der Waals surface area contributed by atoms with Gasteiger partial charge in [-0.15, -0.1) is 0 Å². The van der Waals surface area contributed by atoms with E-state index >= 15 is 0 Å². The van der Waals surface area contributed by atoms with Gasteiger partial charge < -0.3 is 15.6 Å². The largest absolute Gasteiger partial charge is 0.461 e. The number of fused-ring (bicyclic) bond motifs is 2. The minimum absolute atomic E-state index is 0. The summed E-state index contributed by atoms with van der Waals surface area (Å²) in [5, 5.41) is 17.4. The Morgan fingerprint density at radius 2 is 1.19 bits per heavy atom. The molecule has 6 rings (SSSR count). The van der Waals surface area contributed by atoms with Crippen LogP contribution >= 0.6 is 45.2 Å². The van der Waals surface area contributed by atoms with Gasteiger partial charge in [0.25, 0.3) is 5.91 Å². The first-order valence-corrected chi connectivity index (χ1v) is 14.9. The van der Waals surface area contributed by atoms with Gasteiger partial charge in [-0.05, 0) is 101 Å². The molecule has 222 valence electrons. The molecule has 0 aliphatic rings. The zero-order chi connectivity index (χ0) is 30.2. The predicted octanol–water partition coefficient (Wildman–Crippen LogP) is 6.78. The molecule has 3 N–H and O–H groups in total. The van der Waals surface area contributed by atoms with Crippen LogP contribution in [0, 0.1) is 7.14 Å². The van der Waals surface area contributed by atoms with Crippen LogP contribution in [0.5, 0.6) is 0 Å². The van der Waals surface area contributed by atoms with Gasteiger partial charge in [0, 0.05) is 25.0 Å². The van der Waals surface area contributed by atoms with Gasteiger partial charge >= 0.3 is 5.97 Å². The summed E-state index contributed by atoms with van der Waals surface area (Å²) in [6.07, 6.45) is 0. The molecule has 0 radical (unpaired) electrons. The molecule has 11 heteroatoms. The number of primary amides is 1. The smallest absolute Gasteiger partial charge is 0.359 e. The number of esters is 1. The van der Waals surface area contributed by atoms with Crippen molar-refractivity contribution in [1.29, 1.82) is 0 Å². The van der Waals surface area contributed by atoms with Crippen molar-refractivity contribution in [1.82, 2.24) is 19.6 Å². The SMILES string of the molecule is C.CCOC(=O)c1nn(-c2cccc(I)c2)c2ccccc12.CO.NC(=O)c1nn(-c2cccc(I)c2)c2ccccc12. The highest BCUT2D eigenvalue weighted by Crippen LogP contribution is 2.24. The van der Waals surface area contributed by atoms with Crippen molar-refractivity contribution in [3.05, 3.63) is 116 Å². The summed E-state index contributed by atoms with van der Waals surface area (Å²) in [5.41, 5.74) is 9.64. The Labute approximate surface area is 276 Å². The number of aromatic nitrogens is 4. The van der Waals surface area contributed by atoms with Gasteiger partial charge in [0.05, 0.1) is 29.0 Å². The van der Waals surface area contributed by atoms with Gasteiger partial charge in [-0.2, -0.15) is 10.2 Å². The number of rotatable bonds is 5. The Kier molecular flexibility index (Phi) is 12.2. The fourth-order valence-corrected chi connectivity index (χ4v) is 5.33. The average molecular weight is 803 g/mol. The normalized spacial score (nSPS) is 10.2. The summed E-state index contributed by atoms with van der Waals surface area (Å²) in [4.78, 5) is 23.5. The Hall–Kier alpha value is -3.82. The lowest BCUT2D eigenvalue weighted by Crippen LogP contribution is -2.12. The van der Waals surface area contributed by atoms with E-state index in [1.165, 1.54) is 0 Å². The number of carbonyl (C=O) groups excluding carboxylic acids is 2. The molecule has 2 aromatic heterocycles. The third-order valence-electron chi connectivity index (χ3n) is 5.98. The average Bonchev–Trinajstić information content (AvgIpc) is 3.59. The molecule has 0 aliphatic heterocycles. The molecule has 0 saturated carbocycles. The fourth-order valence-electron chi connectivity index (χ4n) is 4.27. The highest BCUT2D eigenvalue weighted by atomic mass is 127. The van der Waals surface area contributed by atoms with E-state index in [-0.39, 0.29) is 7.43 Å². The van der Waals surface area contributed by atoms with Crippen LogP contribution in [0.15, 0.2) is 97.1 Å². The van der Waals surface area contributed by atoms with Gasteiger partial charge in [-0.3, -0.25) is 4.79 Å². The van der Waals surface area contributed by atoms with Crippen molar-refractivity contribution in [2.45, 2.75) is 14.4 Å². The number of carbonyl (C=O) groups is 2. The number of benzene rings is 4. The second-order valence-corrected chi connectivity index (χ2v) is 11.1. The first-order chi connectivity index (χ1) is 20.4. The van der Waals surface area contributed by atoms with Gasteiger partial charge in [-0.25, -0.2) is 14.2 Å². The molecule has 0 unspecified atom stereocenters. The maximum absolute atomic E-state index is 12.1. The third kappa shape index (κ3) is 7.58. The lowest BCUT2D eigenvalue weighted by molar-refractivity contribution is 0.0521. The van der Waals surface area contributed by atoms with Crippen LogP contribution in [-0.2, 0) is 4.74 Å². The van der Waals surface area contributed by atoms with Crippen LogP contribution < -0.4 is 5.73 Å². The van der Waals surface area contributed by atoms with Crippen LogP contribution in [0.1, 0.15) is 35.3 Å². The molecule has 0 aliphatic carbocycles. The van der Waals surface area contributed by atoms with E-state index in [1.807, 2.05) is 97.1 Å². The molecule has 9 nitrogen and oxygen atoms in total. The fraction of sp³-hybridized carbons (Fsp3) is 0.125. The van der Waals surface area contributed by atoms with Crippen molar-refractivity contribution >= 4 is 78.9 Å². The van der Waals surface area contributed by atoms with Crippen LogP contribution in [-0.4, -0.2) is 50.3 Å². The molecule has 0 saturated heterocycles. The number of aliphatic hydroxyl groups excluding tert-OH is 1. The number of amides is 1. The van der Waals surface area contributed by atoms with Crippen molar-refractivity contribution in [3.63, 3.8) is 0 Å². The first-order valence-electron chi connectivity index (χ1n) is 12.8. The van der Waals surface area contributed by atoms with E-state index < -0.39 is 11.9 Å². The summed E-state index contributed by atoms with van der Waals surface area (Å²) in [5.74, 6) is -0.904. The summed E-state index contributed by atoms with van der Waals surface area (Å²) >= 11 is 4.50. The van der Waals surface area contributed by atoms with Crippen LogP contribution in [0.4, 0.5) is 0 Å². The molecule has 43 heavy (non-hydrogen) atoms. The molecular weight excluding hydrogens is 772 g/mol. The monoisotopic (exact) mass is 803 g/mol. The molecule has 0 fully saturated rings. The van der Waals surface area contributed by atoms with Crippen molar-refractivity contribution in [2.75, 3.05) is 13.7 Å². The van der Waals surface area contributed by atoms with E-state index in [1.54, 1.807) is 16.3 Å². The minimum Gasteiger partial charge on any atom is -0.461 e. The summed E-state index contributed by atoms with van der Waals surface area (Å²) in [7, 11) is 1.00. The molecule has 0 bridgehead atoms. The summed E-state index contributed by atoms with van der Waals surface area (Å²) in [6.45, 7) is 2.12. The van der Waals surface area contributed by atoms with Crippen LogP contribution in [0.2, 0.25) is 0 Å². The number of nitrogens with two attached hydrogens (primary N) is 1. The number of ether oxygens (including phenoxy) is 1. The van der Waals surface area contributed by atoms with E-state index in [2.05, 4.69) is 55.4 Å². The molecule has 0 spiro atoms. The van der Waals surface area contributed by atoms with Crippen LogP contribution in [0.3, 0.4) is 0 Å². The lowest BCUT2D eigenvalue weighted by atomic mass is 10.2. The van der Waals surface area contributed by atoms with Gasteiger partial charge in [-0.1, -0.05) is 56.0 Å². The Balaban J connectivity index is 0.000000219. The van der Waals surface area contributed by atoms with Crippen LogP contribution in [0.25, 0.3) is 33.2 Å². The Morgan fingerprint density at radius 1 is 0.744 bits per heavy atom. The zero-order valence-corrected chi connectivity index (χ0v) is 27.1. The lowest BCUT2D eigenvalue weighted by Gasteiger charge is -2.03. The maximum Gasteiger partial charge on any atom is 0.359 e. The number of para-hydroxylation sites is 2. The van der Waals surface area contributed by atoms with Gasteiger partial charge in [0.1, 0.15) is 0 Å². The quantitative estimate of drug-likeness (QED) is 0.146. The predicted molar refractivity (Wildman–Crippen MR) is 187 cm³/mol.